The topological polar surface area (TPSA) is 37.4 Å². The summed E-state index contributed by atoms with van der Waals surface area (Å²) >= 11 is 3.29. The van der Waals surface area contributed by atoms with Gasteiger partial charge in [0.1, 0.15) is 16.5 Å². The van der Waals surface area contributed by atoms with Gasteiger partial charge < -0.3 is 0 Å². The first-order valence-corrected chi connectivity index (χ1v) is 8.43. The molecule has 0 amide bonds. The lowest BCUT2D eigenvalue weighted by Gasteiger charge is -2.17. The monoisotopic (exact) mass is 355 g/mol. The molecule has 1 aromatic carbocycles. The van der Waals surface area contributed by atoms with Crippen molar-refractivity contribution in [2.45, 2.75) is 24.2 Å². The highest BCUT2D eigenvalue weighted by Gasteiger charge is 2.24. The first kappa shape index (κ1) is 16.5. The fourth-order valence-corrected chi connectivity index (χ4v) is 3.25. The third kappa shape index (κ3) is 4.50. The molecule has 108 valence electrons. The van der Waals surface area contributed by atoms with E-state index in [4.69, 9.17) is 0 Å². The zero-order valence-electron chi connectivity index (χ0n) is 10.6. The molecule has 0 N–H and O–H groups in total. The van der Waals surface area contributed by atoms with Crippen LogP contribution in [0, 0.1) is 11.6 Å². The predicted octanol–water partition coefficient (Wildman–Crippen LogP) is 3.15. The van der Waals surface area contributed by atoms with Gasteiger partial charge in [0.05, 0.1) is 0 Å². The zero-order valence-corrected chi connectivity index (χ0v) is 13.0. The van der Waals surface area contributed by atoms with Crippen molar-refractivity contribution < 1.29 is 17.2 Å². The lowest BCUT2D eigenvalue weighted by Crippen LogP contribution is -2.28. The van der Waals surface area contributed by atoms with Gasteiger partial charge in [-0.2, -0.15) is 0 Å². The third-order valence-electron chi connectivity index (χ3n) is 2.69. The molecule has 0 atom stereocenters. The summed E-state index contributed by atoms with van der Waals surface area (Å²) in [7, 11) is -2.60. The normalized spacial score (nSPS) is 12.1. The Hall–Kier alpha value is -0.530. The van der Waals surface area contributed by atoms with E-state index in [0.29, 0.717) is 12.5 Å². The minimum Gasteiger partial charge on any atom is -0.207 e. The van der Waals surface area contributed by atoms with Crippen molar-refractivity contribution in [3.8, 4) is 0 Å². The lowest BCUT2D eigenvalue weighted by atomic mass is 10.2. The molecule has 0 radical (unpaired) electrons. The molecule has 0 bridgehead atoms. The van der Waals surface area contributed by atoms with Crippen molar-refractivity contribution in [1.82, 2.24) is 4.31 Å². The van der Waals surface area contributed by atoms with E-state index in [2.05, 4.69) is 15.9 Å². The Balaban J connectivity index is 2.82. The molecule has 1 rings (SSSR count). The summed E-state index contributed by atoms with van der Waals surface area (Å²) in [5.74, 6) is -1.71. The van der Waals surface area contributed by atoms with Gasteiger partial charge in [0, 0.05) is 18.9 Å². The maximum atomic E-state index is 13.5. The Kier molecular flexibility index (Phi) is 6.35. The van der Waals surface area contributed by atoms with E-state index in [0.717, 1.165) is 34.6 Å². The summed E-state index contributed by atoms with van der Waals surface area (Å²) in [4.78, 5) is -0.615. The van der Waals surface area contributed by atoms with Crippen LogP contribution in [0.15, 0.2) is 23.1 Å². The molecule has 0 heterocycles. The van der Waals surface area contributed by atoms with Crippen LogP contribution in [0.3, 0.4) is 0 Å². The van der Waals surface area contributed by atoms with E-state index >= 15 is 0 Å². The maximum absolute atomic E-state index is 13.5. The molecule has 3 nitrogen and oxygen atoms in total. The van der Waals surface area contributed by atoms with Gasteiger partial charge in [0.15, 0.2) is 0 Å². The van der Waals surface area contributed by atoms with Gasteiger partial charge in [0.25, 0.3) is 0 Å². The van der Waals surface area contributed by atoms with Crippen molar-refractivity contribution in [3.63, 3.8) is 0 Å². The highest BCUT2D eigenvalue weighted by atomic mass is 79.9. The van der Waals surface area contributed by atoms with E-state index in [1.54, 1.807) is 0 Å². The molecule has 0 aliphatic rings. The largest absolute Gasteiger partial charge is 0.245 e. The van der Waals surface area contributed by atoms with Crippen LogP contribution in [-0.4, -0.2) is 31.6 Å². The lowest BCUT2D eigenvalue weighted by molar-refractivity contribution is 0.448. The Morgan fingerprint density at radius 3 is 2.53 bits per heavy atom. The smallest absolute Gasteiger partial charge is 0.207 e. The average Bonchev–Trinajstić information content (AvgIpc) is 2.37. The second-order valence-corrected chi connectivity index (χ2v) is 6.96. The minimum atomic E-state index is -3.97. The van der Waals surface area contributed by atoms with Gasteiger partial charge in [-0.1, -0.05) is 22.4 Å². The van der Waals surface area contributed by atoms with Crippen LogP contribution < -0.4 is 0 Å². The average molecular weight is 356 g/mol. The molecule has 7 heteroatoms. The van der Waals surface area contributed by atoms with Crippen LogP contribution in [0.25, 0.3) is 0 Å². The minimum absolute atomic E-state index is 0.283. The molecule has 0 aromatic heterocycles. The van der Waals surface area contributed by atoms with E-state index in [-0.39, 0.29) is 6.54 Å². The summed E-state index contributed by atoms with van der Waals surface area (Å²) in [5, 5.41) is 0.863. The van der Waals surface area contributed by atoms with Gasteiger partial charge in [-0.05, 0) is 31.0 Å². The van der Waals surface area contributed by atoms with Gasteiger partial charge in [-0.25, -0.2) is 21.5 Å². The second kappa shape index (κ2) is 7.31. The fourth-order valence-electron chi connectivity index (χ4n) is 1.57. The highest BCUT2D eigenvalue weighted by molar-refractivity contribution is 9.09. The van der Waals surface area contributed by atoms with Gasteiger partial charge in [0.2, 0.25) is 10.0 Å². The summed E-state index contributed by atoms with van der Waals surface area (Å²) in [6.07, 6.45) is 2.50. The van der Waals surface area contributed by atoms with E-state index in [1.807, 2.05) is 0 Å². The molecule has 0 saturated carbocycles. The van der Waals surface area contributed by atoms with Crippen molar-refractivity contribution in [2.24, 2.45) is 0 Å². The number of unbranched alkanes of at least 4 members (excludes halogenated alkanes) is 2. The molecule has 0 aliphatic carbocycles. The summed E-state index contributed by atoms with van der Waals surface area (Å²) < 4.78 is 51.7. The van der Waals surface area contributed by atoms with Crippen LogP contribution in [-0.2, 0) is 10.0 Å². The van der Waals surface area contributed by atoms with Crippen molar-refractivity contribution in [1.29, 1.82) is 0 Å². The predicted molar refractivity (Wildman–Crippen MR) is 73.8 cm³/mol. The number of hydrogen-bond acceptors (Lipinski definition) is 2. The Bertz CT molecular complexity index is 522. The van der Waals surface area contributed by atoms with E-state index < -0.39 is 26.6 Å². The molecular weight excluding hydrogens is 340 g/mol. The maximum Gasteiger partial charge on any atom is 0.245 e. The Labute approximate surface area is 120 Å². The standard InChI is InChI=1S/C12H16BrF2NO2S/c1-16(8-4-2-3-7-13)19(17,18)12-9-10(14)5-6-11(12)15/h5-6,9H,2-4,7-8H2,1H3. The quantitative estimate of drug-likeness (QED) is 0.556. The first-order chi connectivity index (χ1) is 8.89. The van der Waals surface area contributed by atoms with Crippen LogP contribution in [0.4, 0.5) is 8.78 Å². The molecule has 0 fully saturated rings. The number of rotatable bonds is 7. The number of benzene rings is 1. The van der Waals surface area contributed by atoms with Crippen molar-refractivity contribution >= 4 is 26.0 Å². The van der Waals surface area contributed by atoms with E-state index in [9.17, 15) is 17.2 Å². The highest BCUT2D eigenvalue weighted by Crippen LogP contribution is 2.19. The van der Waals surface area contributed by atoms with Gasteiger partial charge in [-0.3, -0.25) is 0 Å². The first-order valence-electron chi connectivity index (χ1n) is 5.87. The number of alkyl halides is 1. The van der Waals surface area contributed by atoms with Crippen LogP contribution in [0.2, 0.25) is 0 Å². The van der Waals surface area contributed by atoms with Crippen LogP contribution >= 0.6 is 15.9 Å². The Morgan fingerprint density at radius 1 is 1.21 bits per heavy atom. The molecule has 1 aromatic rings. The Morgan fingerprint density at radius 2 is 1.89 bits per heavy atom. The summed E-state index contributed by atoms with van der Waals surface area (Å²) in [5.41, 5.74) is 0. The van der Waals surface area contributed by atoms with Crippen molar-refractivity contribution in [2.75, 3.05) is 18.9 Å². The summed E-state index contributed by atoms with van der Waals surface area (Å²) in [6.45, 7) is 0.283. The molecule has 0 unspecified atom stereocenters. The molecule has 0 aliphatic heterocycles. The third-order valence-corrected chi connectivity index (χ3v) is 5.12. The molecule has 19 heavy (non-hydrogen) atoms. The van der Waals surface area contributed by atoms with Crippen molar-refractivity contribution in [3.05, 3.63) is 29.8 Å². The molecule has 0 spiro atoms. The van der Waals surface area contributed by atoms with E-state index in [1.165, 1.54) is 7.05 Å². The SMILES string of the molecule is CN(CCCCCBr)S(=O)(=O)c1cc(F)ccc1F. The molecular formula is C12H16BrF2NO2S. The number of nitrogens with zero attached hydrogens (tertiary/aromatic N) is 1. The number of hydrogen-bond donors (Lipinski definition) is 0. The second-order valence-electron chi connectivity index (χ2n) is 4.15. The molecule has 0 saturated heterocycles. The number of halogens is 3. The van der Waals surface area contributed by atoms with Gasteiger partial charge in [-0.15, -0.1) is 0 Å². The zero-order chi connectivity index (χ0) is 14.5. The van der Waals surface area contributed by atoms with Crippen LogP contribution in [0.1, 0.15) is 19.3 Å². The summed E-state index contributed by atoms with van der Waals surface area (Å²) in [6, 6.07) is 2.42. The fraction of sp³-hybridized carbons (Fsp3) is 0.500. The number of sulfonamides is 1. The van der Waals surface area contributed by atoms with Crippen LogP contribution in [0.5, 0.6) is 0 Å². The van der Waals surface area contributed by atoms with Gasteiger partial charge >= 0.3 is 0 Å².